The van der Waals surface area contributed by atoms with E-state index in [1.807, 2.05) is 0 Å². The van der Waals surface area contributed by atoms with Gasteiger partial charge in [-0.3, -0.25) is 0 Å². The first kappa shape index (κ1) is 14.6. The lowest BCUT2D eigenvalue weighted by atomic mass is 10.3. The molecule has 0 bridgehead atoms. The second-order valence-corrected chi connectivity index (χ2v) is 6.36. The van der Waals surface area contributed by atoms with Gasteiger partial charge in [-0.1, -0.05) is 0 Å². The topological polar surface area (TPSA) is 72.2 Å². The van der Waals surface area contributed by atoms with Crippen LogP contribution in [0.2, 0.25) is 0 Å². The Kier molecular flexibility index (Phi) is 5.05. The van der Waals surface area contributed by atoms with E-state index in [2.05, 4.69) is 20.7 Å². The molecule has 1 unspecified atom stereocenters. The number of nitrogens with two attached hydrogens (primary N) is 1. The molecule has 1 aromatic carbocycles. The maximum atomic E-state index is 13.0. The zero-order chi connectivity index (χ0) is 13.1. The average molecular weight is 325 g/mol. The second-order valence-electron chi connectivity index (χ2n) is 3.74. The van der Waals surface area contributed by atoms with Gasteiger partial charge in [-0.2, -0.15) is 0 Å². The number of hydrogen-bond acceptors (Lipinski definition) is 3. The molecule has 0 saturated carbocycles. The predicted octanol–water partition coefficient (Wildman–Crippen LogP) is 1.60. The minimum absolute atomic E-state index is 0.0236. The largest absolute Gasteiger partial charge is 0.328 e. The van der Waals surface area contributed by atoms with Crippen LogP contribution in [0.1, 0.15) is 13.3 Å². The fraction of sp³-hybridized carbons (Fsp3) is 0.400. The van der Waals surface area contributed by atoms with E-state index in [1.165, 1.54) is 12.1 Å². The Balaban J connectivity index is 2.79. The monoisotopic (exact) mass is 324 g/mol. The molecule has 96 valence electrons. The number of sulfonamides is 1. The van der Waals surface area contributed by atoms with Gasteiger partial charge in [0.2, 0.25) is 10.0 Å². The third-order valence-electron chi connectivity index (χ3n) is 2.09. The van der Waals surface area contributed by atoms with Crippen molar-refractivity contribution in [2.75, 3.05) is 6.54 Å². The third kappa shape index (κ3) is 4.34. The van der Waals surface area contributed by atoms with E-state index in [9.17, 15) is 12.8 Å². The van der Waals surface area contributed by atoms with Gasteiger partial charge in [0.1, 0.15) is 5.82 Å². The molecule has 0 amide bonds. The highest BCUT2D eigenvalue weighted by Gasteiger charge is 2.15. The van der Waals surface area contributed by atoms with Crippen LogP contribution in [0.3, 0.4) is 0 Å². The molecule has 1 aromatic rings. The van der Waals surface area contributed by atoms with Gasteiger partial charge in [0.05, 0.1) is 9.37 Å². The molecule has 0 heterocycles. The summed E-state index contributed by atoms with van der Waals surface area (Å²) in [5.41, 5.74) is 5.51. The molecule has 0 aliphatic heterocycles. The molecule has 7 heteroatoms. The first-order valence-corrected chi connectivity index (χ1v) is 7.31. The summed E-state index contributed by atoms with van der Waals surface area (Å²) in [4.78, 5) is 0.0236. The molecule has 17 heavy (non-hydrogen) atoms. The van der Waals surface area contributed by atoms with Gasteiger partial charge in [-0.15, -0.1) is 0 Å². The molecule has 0 aromatic heterocycles. The normalized spacial score (nSPS) is 13.6. The van der Waals surface area contributed by atoms with Gasteiger partial charge in [0.25, 0.3) is 0 Å². The van der Waals surface area contributed by atoms with Gasteiger partial charge in [0, 0.05) is 12.6 Å². The van der Waals surface area contributed by atoms with Crippen molar-refractivity contribution in [3.8, 4) is 0 Å². The fourth-order valence-corrected chi connectivity index (χ4v) is 2.75. The highest BCUT2D eigenvalue weighted by molar-refractivity contribution is 9.10. The number of hydrogen-bond donors (Lipinski definition) is 2. The lowest BCUT2D eigenvalue weighted by molar-refractivity contribution is 0.571. The van der Waals surface area contributed by atoms with E-state index in [4.69, 9.17) is 5.73 Å². The van der Waals surface area contributed by atoms with Crippen LogP contribution in [0.4, 0.5) is 4.39 Å². The molecule has 0 aliphatic rings. The minimum atomic E-state index is -3.60. The molecule has 1 atom stereocenters. The van der Waals surface area contributed by atoms with Crippen LogP contribution in [0.15, 0.2) is 27.6 Å². The van der Waals surface area contributed by atoms with Gasteiger partial charge in [-0.05, 0) is 47.5 Å². The Morgan fingerprint density at radius 1 is 1.53 bits per heavy atom. The molecule has 0 fully saturated rings. The van der Waals surface area contributed by atoms with E-state index in [1.54, 1.807) is 6.92 Å². The summed E-state index contributed by atoms with van der Waals surface area (Å²) in [6.07, 6.45) is 0.543. The summed E-state index contributed by atoms with van der Waals surface area (Å²) in [5, 5.41) is 0. The summed E-state index contributed by atoms with van der Waals surface area (Å²) in [6, 6.07) is 3.47. The Morgan fingerprint density at radius 2 is 2.18 bits per heavy atom. The summed E-state index contributed by atoms with van der Waals surface area (Å²) in [7, 11) is -3.60. The predicted molar refractivity (Wildman–Crippen MR) is 67.6 cm³/mol. The molecule has 3 N–H and O–H groups in total. The average Bonchev–Trinajstić information content (AvgIpc) is 2.21. The fourth-order valence-electron chi connectivity index (χ4n) is 1.15. The molecule has 4 nitrogen and oxygen atoms in total. The summed E-state index contributed by atoms with van der Waals surface area (Å²) < 4.78 is 39.1. The van der Waals surface area contributed by atoms with Crippen LogP contribution in [0.5, 0.6) is 0 Å². The highest BCUT2D eigenvalue weighted by Crippen LogP contribution is 2.19. The van der Waals surface area contributed by atoms with Gasteiger partial charge in [-0.25, -0.2) is 17.5 Å². The van der Waals surface area contributed by atoms with E-state index in [-0.39, 0.29) is 22.0 Å². The highest BCUT2D eigenvalue weighted by atomic mass is 79.9. The molecule has 0 spiro atoms. The molecule has 0 aliphatic carbocycles. The molecule has 1 rings (SSSR count). The number of nitrogens with one attached hydrogen (secondary N) is 1. The number of rotatable bonds is 5. The smallest absolute Gasteiger partial charge is 0.240 e. The first-order valence-electron chi connectivity index (χ1n) is 5.03. The molecule has 0 saturated heterocycles. The van der Waals surface area contributed by atoms with E-state index in [0.29, 0.717) is 6.42 Å². The van der Waals surface area contributed by atoms with Crippen molar-refractivity contribution in [2.45, 2.75) is 24.3 Å². The van der Waals surface area contributed by atoms with Crippen molar-refractivity contribution in [3.05, 3.63) is 28.5 Å². The quantitative estimate of drug-likeness (QED) is 0.864. The van der Waals surface area contributed by atoms with Crippen molar-refractivity contribution in [1.29, 1.82) is 0 Å². The van der Waals surface area contributed by atoms with Crippen molar-refractivity contribution in [3.63, 3.8) is 0 Å². The maximum Gasteiger partial charge on any atom is 0.240 e. The third-order valence-corrected chi connectivity index (χ3v) is 4.16. The van der Waals surface area contributed by atoms with Crippen molar-refractivity contribution < 1.29 is 12.8 Å². The zero-order valence-electron chi connectivity index (χ0n) is 9.28. The zero-order valence-corrected chi connectivity index (χ0v) is 11.7. The maximum absolute atomic E-state index is 13.0. The van der Waals surface area contributed by atoms with Crippen LogP contribution in [0.25, 0.3) is 0 Å². The van der Waals surface area contributed by atoms with E-state index in [0.717, 1.165) is 6.07 Å². The van der Waals surface area contributed by atoms with Gasteiger partial charge < -0.3 is 5.73 Å². The summed E-state index contributed by atoms with van der Waals surface area (Å²) in [6.45, 7) is 2.05. The lowest BCUT2D eigenvalue weighted by Crippen LogP contribution is -2.29. The van der Waals surface area contributed by atoms with E-state index >= 15 is 0 Å². The number of halogens is 2. The van der Waals surface area contributed by atoms with Gasteiger partial charge >= 0.3 is 0 Å². The van der Waals surface area contributed by atoms with Crippen LogP contribution in [0, 0.1) is 5.82 Å². The van der Waals surface area contributed by atoms with Crippen molar-refractivity contribution in [1.82, 2.24) is 4.72 Å². The van der Waals surface area contributed by atoms with Crippen LogP contribution in [-0.4, -0.2) is 21.0 Å². The minimum Gasteiger partial charge on any atom is -0.328 e. The Morgan fingerprint density at radius 3 is 2.71 bits per heavy atom. The van der Waals surface area contributed by atoms with Crippen molar-refractivity contribution >= 4 is 26.0 Å². The van der Waals surface area contributed by atoms with Crippen LogP contribution < -0.4 is 10.5 Å². The SMILES string of the molecule is CC(N)CCNS(=O)(=O)c1ccc(F)c(Br)c1. The Hall–Kier alpha value is -0.500. The van der Waals surface area contributed by atoms with E-state index < -0.39 is 15.8 Å². The molecule has 0 radical (unpaired) electrons. The van der Waals surface area contributed by atoms with Crippen LogP contribution >= 0.6 is 15.9 Å². The van der Waals surface area contributed by atoms with Crippen LogP contribution in [-0.2, 0) is 10.0 Å². The standard InChI is InChI=1S/C10H14BrFN2O2S/c1-7(13)4-5-14-17(15,16)8-2-3-10(12)9(11)6-8/h2-3,6-7,14H,4-5,13H2,1H3. The van der Waals surface area contributed by atoms with Gasteiger partial charge in [0.15, 0.2) is 0 Å². The number of benzene rings is 1. The first-order chi connectivity index (χ1) is 7.83. The lowest BCUT2D eigenvalue weighted by Gasteiger charge is -2.08. The molecular formula is C10H14BrFN2O2S. The molecular weight excluding hydrogens is 311 g/mol. The Bertz CT molecular complexity index is 491. The summed E-state index contributed by atoms with van der Waals surface area (Å²) >= 11 is 2.94. The second kappa shape index (κ2) is 5.90. The Labute approximate surface area is 109 Å². The van der Waals surface area contributed by atoms with Crippen molar-refractivity contribution in [2.24, 2.45) is 5.73 Å². The summed E-state index contributed by atoms with van der Waals surface area (Å²) in [5.74, 6) is -0.500.